The smallest absolute Gasteiger partial charge is 0.133 e. The Kier molecular flexibility index (Phi) is 9.77. The minimum atomic E-state index is 0.132. The van der Waals surface area contributed by atoms with Crippen LogP contribution in [-0.4, -0.2) is 6.61 Å². The fraction of sp³-hybridized carbons (Fsp3) is 0.667. The Morgan fingerprint density at radius 1 is 1.05 bits per heavy atom. The maximum Gasteiger partial charge on any atom is 0.133 e. The van der Waals surface area contributed by atoms with E-state index in [0.29, 0.717) is 0 Å². The average Bonchev–Trinajstić information content (AvgIpc) is 2.49. The van der Waals surface area contributed by atoms with E-state index in [4.69, 9.17) is 10.5 Å². The molecule has 1 atom stereocenters. The lowest BCUT2D eigenvalue weighted by Crippen LogP contribution is -2.10. The first kappa shape index (κ1) is 18.5. The highest BCUT2D eigenvalue weighted by Gasteiger charge is 2.09. The van der Waals surface area contributed by atoms with Crippen LogP contribution >= 0.6 is 15.9 Å². The molecule has 0 radical (unpaired) electrons. The predicted octanol–water partition coefficient (Wildman–Crippen LogP) is 5.99. The Hall–Kier alpha value is -0.540. The lowest BCUT2D eigenvalue weighted by atomic mass is 10.0. The summed E-state index contributed by atoms with van der Waals surface area (Å²) >= 11 is 3.58. The van der Waals surface area contributed by atoms with Crippen molar-refractivity contribution in [2.24, 2.45) is 5.73 Å². The molecule has 0 aliphatic heterocycles. The summed E-state index contributed by atoms with van der Waals surface area (Å²) in [5.41, 5.74) is 7.49. The first-order chi connectivity index (χ1) is 10.2. The molecule has 21 heavy (non-hydrogen) atoms. The van der Waals surface area contributed by atoms with Gasteiger partial charge < -0.3 is 10.5 Å². The number of ether oxygens (including phenoxy) is 1. The van der Waals surface area contributed by atoms with Gasteiger partial charge in [-0.3, -0.25) is 0 Å². The third kappa shape index (κ3) is 7.32. The lowest BCUT2D eigenvalue weighted by Gasteiger charge is -2.14. The van der Waals surface area contributed by atoms with Crippen LogP contribution in [0.25, 0.3) is 0 Å². The molecule has 0 spiro atoms. The normalized spacial score (nSPS) is 12.4. The summed E-state index contributed by atoms with van der Waals surface area (Å²) in [5, 5.41) is 0. The predicted molar refractivity (Wildman–Crippen MR) is 94.8 cm³/mol. The molecule has 1 aromatic rings. The van der Waals surface area contributed by atoms with E-state index in [9.17, 15) is 0 Å². The highest BCUT2D eigenvalue weighted by molar-refractivity contribution is 9.10. The van der Waals surface area contributed by atoms with Crippen molar-refractivity contribution >= 4 is 15.9 Å². The van der Waals surface area contributed by atoms with Crippen LogP contribution in [0.5, 0.6) is 5.75 Å². The minimum Gasteiger partial charge on any atom is -0.492 e. The number of hydrogen-bond donors (Lipinski definition) is 1. The first-order valence-corrected chi connectivity index (χ1v) is 9.16. The van der Waals surface area contributed by atoms with Gasteiger partial charge in [-0.1, -0.05) is 58.4 Å². The number of halogens is 1. The van der Waals surface area contributed by atoms with E-state index < -0.39 is 0 Å². The molecule has 2 N–H and O–H groups in total. The third-order valence-corrected chi connectivity index (χ3v) is 4.33. The third-order valence-electron chi connectivity index (χ3n) is 3.71. The van der Waals surface area contributed by atoms with Crippen molar-refractivity contribution in [1.82, 2.24) is 0 Å². The monoisotopic (exact) mass is 355 g/mol. The van der Waals surface area contributed by atoms with Crippen LogP contribution in [0, 0.1) is 0 Å². The summed E-state index contributed by atoms with van der Waals surface area (Å²) in [7, 11) is 0. The number of benzene rings is 1. The number of unbranched alkanes of at least 4 members (excludes halogenated alkanes) is 5. The summed E-state index contributed by atoms with van der Waals surface area (Å²) in [4.78, 5) is 0. The van der Waals surface area contributed by atoms with E-state index in [1.807, 2.05) is 6.07 Å². The Balaban J connectivity index is 2.36. The van der Waals surface area contributed by atoms with E-state index in [2.05, 4.69) is 41.9 Å². The fourth-order valence-corrected chi connectivity index (χ4v) is 2.90. The molecular weight excluding hydrogens is 326 g/mol. The van der Waals surface area contributed by atoms with Gasteiger partial charge in [0, 0.05) is 6.04 Å². The molecule has 0 amide bonds. The molecule has 120 valence electrons. The molecule has 0 aliphatic rings. The summed E-state index contributed by atoms with van der Waals surface area (Å²) in [6, 6.07) is 6.35. The quantitative estimate of drug-likeness (QED) is 0.494. The number of hydrogen-bond acceptors (Lipinski definition) is 2. The van der Waals surface area contributed by atoms with Gasteiger partial charge in [0.15, 0.2) is 0 Å². The van der Waals surface area contributed by atoms with E-state index in [0.717, 1.165) is 29.7 Å². The zero-order valence-corrected chi connectivity index (χ0v) is 15.1. The van der Waals surface area contributed by atoms with Crippen molar-refractivity contribution in [3.8, 4) is 5.75 Å². The minimum absolute atomic E-state index is 0.132. The molecule has 1 unspecified atom stereocenters. The molecule has 0 fully saturated rings. The van der Waals surface area contributed by atoms with Gasteiger partial charge in [-0.15, -0.1) is 0 Å². The van der Waals surface area contributed by atoms with E-state index in [1.165, 1.54) is 44.1 Å². The largest absolute Gasteiger partial charge is 0.492 e. The van der Waals surface area contributed by atoms with Crippen LogP contribution in [0.1, 0.15) is 76.8 Å². The van der Waals surface area contributed by atoms with Crippen molar-refractivity contribution < 1.29 is 4.74 Å². The molecule has 0 saturated heterocycles. The number of rotatable bonds is 11. The van der Waals surface area contributed by atoms with Gasteiger partial charge >= 0.3 is 0 Å². The molecule has 0 aromatic heterocycles. The van der Waals surface area contributed by atoms with E-state index in [1.54, 1.807) is 0 Å². The van der Waals surface area contributed by atoms with Gasteiger partial charge in [0.25, 0.3) is 0 Å². The van der Waals surface area contributed by atoms with Crippen molar-refractivity contribution in [2.75, 3.05) is 6.61 Å². The average molecular weight is 356 g/mol. The highest BCUT2D eigenvalue weighted by atomic mass is 79.9. The maximum absolute atomic E-state index is 6.29. The molecule has 0 heterocycles. The molecule has 1 aromatic carbocycles. The summed E-state index contributed by atoms with van der Waals surface area (Å²) < 4.78 is 6.68. The van der Waals surface area contributed by atoms with Crippen molar-refractivity contribution in [2.45, 2.75) is 71.3 Å². The van der Waals surface area contributed by atoms with Crippen molar-refractivity contribution in [1.29, 1.82) is 0 Å². The fourth-order valence-electron chi connectivity index (χ4n) is 2.39. The lowest BCUT2D eigenvalue weighted by molar-refractivity contribution is 0.315. The van der Waals surface area contributed by atoms with Gasteiger partial charge in [0.1, 0.15) is 5.75 Å². The van der Waals surface area contributed by atoms with Crippen LogP contribution in [0.2, 0.25) is 0 Å². The van der Waals surface area contributed by atoms with Gasteiger partial charge in [0.05, 0.1) is 11.1 Å². The van der Waals surface area contributed by atoms with Crippen molar-refractivity contribution in [3.05, 3.63) is 28.2 Å². The molecule has 3 heteroatoms. The Labute approximate surface area is 138 Å². The number of nitrogens with two attached hydrogens (primary N) is 1. The summed E-state index contributed by atoms with van der Waals surface area (Å²) in [5.74, 6) is 0.910. The van der Waals surface area contributed by atoms with Crippen LogP contribution in [0.3, 0.4) is 0 Å². The second kappa shape index (κ2) is 11.1. The summed E-state index contributed by atoms with van der Waals surface area (Å²) in [6.45, 7) is 5.11. The second-order valence-electron chi connectivity index (χ2n) is 5.70. The molecular formula is C18H30BrNO. The van der Waals surface area contributed by atoms with E-state index >= 15 is 0 Å². The van der Waals surface area contributed by atoms with Crippen LogP contribution < -0.4 is 10.5 Å². The topological polar surface area (TPSA) is 35.2 Å². The first-order valence-electron chi connectivity index (χ1n) is 8.36. The SMILES string of the molecule is CCCCCCCCC(N)c1ccc(OCCC)c(Br)c1. The van der Waals surface area contributed by atoms with Gasteiger partial charge in [-0.2, -0.15) is 0 Å². The maximum atomic E-state index is 6.29. The zero-order chi connectivity index (χ0) is 15.5. The molecule has 0 saturated carbocycles. The highest BCUT2D eigenvalue weighted by Crippen LogP contribution is 2.29. The molecule has 2 nitrogen and oxygen atoms in total. The van der Waals surface area contributed by atoms with Gasteiger partial charge in [0.2, 0.25) is 0 Å². The Bertz CT molecular complexity index is 395. The van der Waals surface area contributed by atoms with Crippen LogP contribution in [-0.2, 0) is 0 Å². The standard InChI is InChI=1S/C18H30BrNO/c1-3-5-6-7-8-9-10-17(20)15-11-12-18(16(19)14-15)21-13-4-2/h11-12,14,17H,3-10,13,20H2,1-2H3. The van der Waals surface area contributed by atoms with Crippen molar-refractivity contribution in [3.63, 3.8) is 0 Å². The molecule has 0 bridgehead atoms. The molecule has 0 aliphatic carbocycles. The Morgan fingerprint density at radius 2 is 1.76 bits per heavy atom. The Morgan fingerprint density at radius 3 is 2.43 bits per heavy atom. The summed E-state index contributed by atoms with van der Waals surface area (Å²) in [6.07, 6.45) is 9.97. The molecule has 1 rings (SSSR count). The van der Waals surface area contributed by atoms with Gasteiger partial charge in [-0.05, 0) is 46.5 Å². The van der Waals surface area contributed by atoms with Gasteiger partial charge in [-0.25, -0.2) is 0 Å². The second-order valence-corrected chi connectivity index (χ2v) is 6.56. The van der Waals surface area contributed by atoms with E-state index in [-0.39, 0.29) is 6.04 Å². The zero-order valence-electron chi connectivity index (χ0n) is 13.5. The van der Waals surface area contributed by atoms with Crippen LogP contribution in [0.15, 0.2) is 22.7 Å². The van der Waals surface area contributed by atoms with Crippen LogP contribution in [0.4, 0.5) is 0 Å².